The first-order valence-corrected chi connectivity index (χ1v) is 6.25. The number of carbonyl (C=O) groups is 1. The molecule has 1 N–H and O–H groups in total. The fourth-order valence-electron chi connectivity index (χ4n) is 1.98. The van der Waals surface area contributed by atoms with Gasteiger partial charge in [0.05, 0.1) is 16.8 Å². The smallest absolute Gasteiger partial charge is 0.257 e. The van der Waals surface area contributed by atoms with Gasteiger partial charge in [0, 0.05) is 17.6 Å². The summed E-state index contributed by atoms with van der Waals surface area (Å²) in [5.41, 5.74) is 0.994. The van der Waals surface area contributed by atoms with Crippen LogP contribution >= 0.6 is 0 Å². The minimum atomic E-state index is -0.822. The number of aromatic nitrogens is 1. The van der Waals surface area contributed by atoms with Gasteiger partial charge in [-0.05, 0) is 24.3 Å². The van der Waals surface area contributed by atoms with Gasteiger partial charge in [-0.25, -0.2) is 8.78 Å². The van der Waals surface area contributed by atoms with Crippen LogP contribution in [0.5, 0.6) is 0 Å². The maximum atomic E-state index is 13.5. The van der Waals surface area contributed by atoms with Gasteiger partial charge in [-0.1, -0.05) is 18.2 Å². The number of anilines is 1. The SMILES string of the molecule is O=C(Nc1ccc(F)cc1F)c1cnc2ccccc2c1. The molecule has 0 aliphatic carbocycles. The predicted molar refractivity (Wildman–Crippen MR) is 76.1 cm³/mol. The van der Waals surface area contributed by atoms with E-state index in [1.807, 2.05) is 24.3 Å². The summed E-state index contributed by atoms with van der Waals surface area (Å²) >= 11 is 0. The zero-order valence-corrected chi connectivity index (χ0v) is 10.8. The highest BCUT2D eigenvalue weighted by Gasteiger charge is 2.11. The molecule has 0 saturated heterocycles. The number of rotatable bonds is 2. The Balaban J connectivity index is 1.89. The number of benzene rings is 2. The molecule has 0 fully saturated rings. The molecule has 3 rings (SSSR count). The van der Waals surface area contributed by atoms with Crippen molar-refractivity contribution in [2.75, 3.05) is 5.32 Å². The quantitative estimate of drug-likeness (QED) is 0.778. The normalized spacial score (nSPS) is 10.6. The Hall–Kier alpha value is -2.82. The molecule has 21 heavy (non-hydrogen) atoms. The first-order valence-electron chi connectivity index (χ1n) is 6.25. The third-order valence-corrected chi connectivity index (χ3v) is 3.03. The van der Waals surface area contributed by atoms with Gasteiger partial charge in [0.1, 0.15) is 11.6 Å². The molecule has 3 aromatic rings. The average Bonchev–Trinajstić information content (AvgIpc) is 2.49. The molecule has 1 heterocycles. The van der Waals surface area contributed by atoms with Crippen LogP contribution in [0, 0.1) is 11.6 Å². The number of carbonyl (C=O) groups excluding carboxylic acids is 1. The molecule has 104 valence electrons. The van der Waals surface area contributed by atoms with Gasteiger partial charge >= 0.3 is 0 Å². The van der Waals surface area contributed by atoms with Crippen molar-refractivity contribution in [1.82, 2.24) is 4.98 Å². The predicted octanol–water partition coefficient (Wildman–Crippen LogP) is 3.77. The molecule has 5 heteroatoms. The van der Waals surface area contributed by atoms with E-state index in [4.69, 9.17) is 0 Å². The summed E-state index contributed by atoms with van der Waals surface area (Å²) in [5, 5.41) is 3.21. The number of amides is 1. The lowest BCUT2D eigenvalue weighted by Gasteiger charge is -2.07. The third-order valence-electron chi connectivity index (χ3n) is 3.03. The lowest BCUT2D eigenvalue weighted by atomic mass is 10.1. The largest absolute Gasteiger partial charge is 0.319 e. The summed E-state index contributed by atoms with van der Waals surface area (Å²) in [7, 11) is 0. The van der Waals surface area contributed by atoms with Crippen LogP contribution in [-0.4, -0.2) is 10.9 Å². The minimum Gasteiger partial charge on any atom is -0.319 e. The summed E-state index contributed by atoms with van der Waals surface area (Å²) < 4.78 is 26.3. The zero-order chi connectivity index (χ0) is 14.8. The Labute approximate surface area is 119 Å². The zero-order valence-electron chi connectivity index (χ0n) is 10.8. The fraction of sp³-hybridized carbons (Fsp3) is 0. The van der Waals surface area contributed by atoms with E-state index < -0.39 is 17.5 Å². The minimum absolute atomic E-state index is 0.0745. The number of nitrogens with one attached hydrogen (secondary N) is 1. The Morgan fingerprint density at radius 3 is 2.67 bits per heavy atom. The van der Waals surface area contributed by atoms with Crippen LogP contribution in [0.2, 0.25) is 0 Å². The lowest BCUT2D eigenvalue weighted by Crippen LogP contribution is -2.13. The molecule has 2 aromatic carbocycles. The van der Waals surface area contributed by atoms with Crippen LogP contribution < -0.4 is 5.32 Å². The number of hydrogen-bond donors (Lipinski definition) is 1. The van der Waals surface area contributed by atoms with E-state index in [1.54, 1.807) is 6.07 Å². The number of para-hydroxylation sites is 1. The Kier molecular flexibility index (Phi) is 3.31. The van der Waals surface area contributed by atoms with Crippen molar-refractivity contribution in [3.05, 3.63) is 71.9 Å². The van der Waals surface area contributed by atoms with E-state index in [-0.39, 0.29) is 5.69 Å². The van der Waals surface area contributed by atoms with Crippen LogP contribution in [0.4, 0.5) is 14.5 Å². The monoisotopic (exact) mass is 284 g/mol. The van der Waals surface area contributed by atoms with Crippen LogP contribution in [0.15, 0.2) is 54.7 Å². The summed E-state index contributed by atoms with van der Waals surface area (Å²) in [4.78, 5) is 16.2. The number of pyridine rings is 1. The highest BCUT2D eigenvalue weighted by Crippen LogP contribution is 2.17. The molecule has 1 amide bonds. The van der Waals surface area contributed by atoms with Gasteiger partial charge in [0.2, 0.25) is 0 Å². The third kappa shape index (κ3) is 2.72. The van der Waals surface area contributed by atoms with Gasteiger partial charge in [0.25, 0.3) is 5.91 Å². The summed E-state index contributed by atoms with van der Waals surface area (Å²) in [6.07, 6.45) is 1.42. The van der Waals surface area contributed by atoms with Gasteiger partial charge in [0.15, 0.2) is 0 Å². The Morgan fingerprint density at radius 1 is 1.05 bits per heavy atom. The second-order valence-corrected chi connectivity index (χ2v) is 4.49. The standard InChI is InChI=1S/C16H10F2N2O/c17-12-5-6-15(13(18)8-12)20-16(21)11-7-10-3-1-2-4-14(10)19-9-11/h1-9H,(H,20,21). The van der Waals surface area contributed by atoms with Crippen LogP contribution in [0.3, 0.4) is 0 Å². The maximum Gasteiger partial charge on any atom is 0.257 e. The van der Waals surface area contributed by atoms with Crippen molar-refractivity contribution in [2.45, 2.75) is 0 Å². The van der Waals surface area contributed by atoms with Gasteiger partial charge in [-0.2, -0.15) is 0 Å². The molecule has 0 radical (unpaired) electrons. The molecule has 0 spiro atoms. The fourth-order valence-corrected chi connectivity index (χ4v) is 1.98. The molecule has 0 aliphatic heterocycles. The van der Waals surface area contributed by atoms with E-state index in [0.29, 0.717) is 11.6 Å². The second kappa shape index (κ2) is 5.28. The number of hydrogen-bond acceptors (Lipinski definition) is 2. The second-order valence-electron chi connectivity index (χ2n) is 4.49. The van der Waals surface area contributed by atoms with Crippen molar-refractivity contribution >= 4 is 22.5 Å². The molecular weight excluding hydrogens is 274 g/mol. The molecule has 3 nitrogen and oxygen atoms in total. The highest BCUT2D eigenvalue weighted by molar-refractivity contribution is 6.05. The first-order chi connectivity index (χ1) is 10.1. The van der Waals surface area contributed by atoms with Gasteiger partial charge < -0.3 is 5.32 Å². The van der Waals surface area contributed by atoms with Crippen LogP contribution in [0.1, 0.15) is 10.4 Å². The summed E-state index contributed by atoms with van der Waals surface area (Å²) in [5.74, 6) is -2.02. The molecule has 0 saturated carbocycles. The van der Waals surface area contributed by atoms with Crippen molar-refractivity contribution in [2.24, 2.45) is 0 Å². The molecular formula is C16H10F2N2O. The van der Waals surface area contributed by atoms with E-state index in [1.165, 1.54) is 12.3 Å². The van der Waals surface area contributed by atoms with E-state index in [2.05, 4.69) is 10.3 Å². The number of nitrogens with zero attached hydrogens (tertiary/aromatic N) is 1. The average molecular weight is 284 g/mol. The van der Waals surface area contributed by atoms with Gasteiger partial charge in [-0.3, -0.25) is 9.78 Å². The molecule has 0 aliphatic rings. The summed E-state index contributed by atoms with van der Waals surface area (Å²) in [6.45, 7) is 0. The Morgan fingerprint density at radius 2 is 1.86 bits per heavy atom. The lowest BCUT2D eigenvalue weighted by molar-refractivity contribution is 0.102. The molecule has 1 aromatic heterocycles. The van der Waals surface area contributed by atoms with Crippen molar-refractivity contribution < 1.29 is 13.6 Å². The maximum absolute atomic E-state index is 13.5. The van der Waals surface area contributed by atoms with E-state index in [0.717, 1.165) is 17.0 Å². The molecule has 0 atom stereocenters. The van der Waals surface area contributed by atoms with Crippen LogP contribution in [0.25, 0.3) is 10.9 Å². The van der Waals surface area contributed by atoms with E-state index in [9.17, 15) is 13.6 Å². The highest BCUT2D eigenvalue weighted by atomic mass is 19.1. The summed E-state index contributed by atoms with van der Waals surface area (Å²) in [6, 6.07) is 12.0. The topological polar surface area (TPSA) is 42.0 Å². The van der Waals surface area contributed by atoms with Crippen LogP contribution in [-0.2, 0) is 0 Å². The molecule has 0 bridgehead atoms. The van der Waals surface area contributed by atoms with Crippen molar-refractivity contribution in [3.63, 3.8) is 0 Å². The van der Waals surface area contributed by atoms with Gasteiger partial charge in [-0.15, -0.1) is 0 Å². The first kappa shape index (κ1) is 13.2. The number of fused-ring (bicyclic) bond motifs is 1. The van der Waals surface area contributed by atoms with Crippen molar-refractivity contribution in [3.8, 4) is 0 Å². The van der Waals surface area contributed by atoms with E-state index >= 15 is 0 Å². The Bertz CT molecular complexity index is 833. The molecule has 0 unspecified atom stereocenters. The van der Waals surface area contributed by atoms with Crippen molar-refractivity contribution in [1.29, 1.82) is 0 Å². The number of halogens is 2.